The quantitative estimate of drug-likeness (QED) is 0.0199. The molecule has 17 unspecified atom stereocenters. The number of hydrogen-bond donors (Lipinski definition) is 12. The maximum atomic E-state index is 13.5. The Labute approximate surface area is 668 Å². The van der Waals surface area contributed by atoms with Crippen LogP contribution in [-0.2, 0) is 33.2 Å². The van der Waals surface area contributed by atoms with Gasteiger partial charge in [-0.25, -0.2) is 0 Å². The molecule has 3 aliphatic heterocycles. The van der Waals surface area contributed by atoms with E-state index in [4.69, 9.17) is 28.4 Å². The fraction of sp³-hybridized carbons (Fsp3) is 0.857. The van der Waals surface area contributed by atoms with E-state index in [9.17, 15) is 61.0 Å². The molecular formula is C91H165NO18. The van der Waals surface area contributed by atoms with E-state index in [1.165, 1.54) is 263 Å². The van der Waals surface area contributed by atoms with Gasteiger partial charge in [-0.2, -0.15) is 0 Å². The molecule has 0 saturated carbocycles. The van der Waals surface area contributed by atoms with Gasteiger partial charge in [0.2, 0.25) is 5.91 Å². The van der Waals surface area contributed by atoms with Crippen molar-refractivity contribution in [3.05, 3.63) is 72.9 Å². The molecule has 3 saturated heterocycles. The van der Waals surface area contributed by atoms with Crippen molar-refractivity contribution < 1.29 is 89.4 Å². The third-order valence-corrected chi connectivity index (χ3v) is 22.3. The number of carbonyl (C=O) groups excluding carboxylic acids is 1. The lowest BCUT2D eigenvalue weighted by Gasteiger charge is -2.48. The number of aliphatic hydroxyl groups excluding tert-OH is 11. The minimum absolute atomic E-state index is 0.246. The Morgan fingerprint density at radius 3 is 0.982 bits per heavy atom. The third-order valence-electron chi connectivity index (χ3n) is 22.3. The Morgan fingerprint density at radius 1 is 0.336 bits per heavy atom. The predicted octanol–water partition coefficient (Wildman–Crippen LogP) is 17.1. The molecule has 642 valence electrons. The Bertz CT molecular complexity index is 2270. The van der Waals surface area contributed by atoms with Gasteiger partial charge in [-0.15, -0.1) is 0 Å². The number of ether oxygens (including phenoxy) is 6. The average molecular weight is 1560 g/mol. The number of aliphatic hydroxyl groups is 11. The Morgan fingerprint density at radius 2 is 0.627 bits per heavy atom. The summed E-state index contributed by atoms with van der Waals surface area (Å²) in [6.07, 6.45) is 67.7. The average Bonchev–Trinajstić information content (AvgIpc) is 0.782. The summed E-state index contributed by atoms with van der Waals surface area (Å²) >= 11 is 0. The Balaban J connectivity index is 1.29. The summed E-state index contributed by atoms with van der Waals surface area (Å²) in [6.45, 7) is 1.68. The highest BCUT2D eigenvalue weighted by Gasteiger charge is 2.54. The van der Waals surface area contributed by atoms with Crippen molar-refractivity contribution in [3.8, 4) is 0 Å². The lowest BCUT2D eigenvalue weighted by molar-refractivity contribution is -0.379. The van der Waals surface area contributed by atoms with Crippen LogP contribution in [0.25, 0.3) is 0 Å². The molecule has 0 aromatic heterocycles. The number of allylic oxidation sites excluding steroid dienone is 11. The second-order valence-electron chi connectivity index (χ2n) is 32.0. The first-order valence-electron chi connectivity index (χ1n) is 45.2. The van der Waals surface area contributed by atoms with Crippen molar-refractivity contribution in [2.75, 3.05) is 26.4 Å². The monoisotopic (exact) mass is 1560 g/mol. The fourth-order valence-electron chi connectivity index (χ4n) is 15.1. The van der Waals surface area contributed by atoms with Crippen LogP contribution in [0.5, 0.6) is 0 Å². The van der Waals surface area contributed by atoms with E-state index < -0.39 is 124 Å². The Hall–Kier alpha value is -2.77. The molecule has 0 aromatic rings. The zero-order valence-corrected chi connectivity index (χ0v) is 69.2. The second kappa shape index (κ2) is 70.4. The zero-order chi connectivity index (χ0) is 79.5. The van der Waals surface area contributed by atoms with E-state index in [-0.39, 0.29) is 18.9 Å². The summed E-state index contributed by atoms with van der Waals surface area (Å²) in [7, 11) is 0. The molecule has 1 amide bonds. The first kappa shape index (κ1) is 101. The first-order valence-corrected chi connectivity index (χ1v) is 45.2. The highest BCUT2D eigenvalue weighted by Crippen LogP contribution is 2.34. The highest BCUT2D eigenvalue weighted by atomic mass is 16.8. The van der Waals surface area contributed by atoms with Crippen LogP contribution in [0.15, 0.2) is 72.9 Å². The number of rotatable bonds is 73. The van der Waals surface area contributed by atoms with E-state index in [0.717, 1.165) is 77.0 Å². The molecule has 3 fully saturated rings. The lowest BCUT2D eigenvalue weighted by atomic mass is 9.96. The van der Waals surface area contributed by atoms with Crippen LogP contribution in [-0.4, -0.2) is 193 Å². The number of amides is 1. The standard InChI is InChI=1S/C91H165NO18/c1-3-5-7-9-11-13-15-17-19-21-23-25-27-29-30-31-32-33-34-35-36-37-38-39-40-41-42-43-44-45-47-49-51-53-55-57-59-61-63-65-67-69-79(97)92-74(75(96)68-66-64-62-60-58-56-54-52-50-48-46-28-26-24-22-20-18-16-14-12-10-8-6-4-2)73-105-89-85(103)82(100)87(77(71-94)107-89)110-91-86(104)83(101)88(78(72-95)108-91)109-90-84(102)81(99)80(98)76(70-93)106-90/h5,7,11,13,17,19,23,25,29-30,66,68,74-78,80-91,93-96,98-104H,3-4,6,8-10,12,14-16,18,20-22,24,26-28,31-65,67,69-73H2,1-2H3,(H,92,97)/b7-5-,13-11-,19-17-,25-23-,30-29-,68-66+. The van der Waals surface area contributed by atoms with Crippen LogP contribution in [0, 0.1) is 0 Å². The molecule has 0 spiro atoms. The van der Waals surface area contributed by atoms with Crippen molar-refractivity contribution in [3.63, 3.8) is 0 Å². The number of unbranched alkanes of at least 4 members (excludes halogenated alkanes) is 47. The summed E-state index contributed by atoms with van der Waals surface area (Å²) in [5.74, 6) is -0.269. The summed E-state index contributed by atoms with van der Waals surface area (Å²) in [4.78, 5) is 13.5. The first-order chi connectivity index (χ1) is 53.8. The molecule has 110 heavy (non-hydrogen) atoms. The molecule has 3 rings (SSSR count). The van der Waals surface area contributed by atoms with Crippen LogP contribution in [0.1, 0.15) is 367 Å². The topological polar surface area (TPSA) is 307 Å². The van der Waals surface area contributed by atoms with Crippen molar-refractivity contribution in [1.82, 2.24) is 5.32 Å². The Kier molecular flexibility index (Phi) is 64.9. The molecule has 0 aromatic carbocycles. The summed E-state index contributed by atoms with van der Waals surface area (Å²) in [5.41, 5.74) is 0. The predicted molar refractivity (Wildman–Crippen MR) is 443 cm³/mol. The summed E-state index contributed by atoms with van der Waals surface area (Å²) in [5, 5.41) is 121. The van der Waals surface area contributed by atoms with Gasteiger partial charge in [0.1, 0.15) is 73.2 Å². The van der Waals surface area contributed by atoms with E-state index in [1.807, 2.05) is 6.08 Å². The minimum Gasteiger partial charge on any atom is -0.394 e. The molecule has 19 nitrogen and oxygen atoms in total. The molecular weight excluding hydrogens is 1390 g/mol. The second-order valence-corrected chi connectivity index (χ2v) is 32.0. The smallest absolute Gasteiger partial charge is 0.220 e. The zero-order valence-electron chi connectivity index (χ0n) is 69.2. The van der Waals surface area contributed by atoms with Gasteiger partial charge in [0.05, 0.1) is 38.6 Å². The molecule has 0 radical (unpaired) electrons. The van der Waals surface area contributed by atoms with E-state index >= 15 is 0 Å². The summed E-state index contributed by atoms with van der Waals surface area (Å²) < 4.78 is 34.5. The highest BCUT2D eigenvalue weighted by molar-refractivity contribution is 5.76. The van der Waals surface area contributed by atoms with Crippen molar-refractivity contribution in [2.24, 2.45) is 0 Å². The van der Waals surface area contributed by atoms with Crippen LogP contribution < -0.4 is 5.32 Å². The molecule has 0 bridgehead atoms. The van der Waals surface area contributed by atoms with Gasteiger partial charge in [-0.3, -0.25) is 4.79 Å². The lowest BCUT2D eigenvalue weighted by Crippen LogP contribution is -2.66. The number of carbonyl (C=O) groups is 1. The molecule has 17 atom stereocenters. The molecule has 3 heterocycles. The van der Waals surface area contributed by atoms with Crippen LogP contribution in [0.2, 0.25) is 0 Å². The third kappa shape index (κ3) is 48.7. The van der Waals surface area contributed by atoms with Crippen LogP contribution in [0.3, 0.4) is 0 Å². The normalized spacial score (nSPS) is 25.5. The van der Waals surface area contributed by atoms with Crippen LogP contribution >= 0.6 is 0 Å². The van der Waals surface area contributed by atoms with Crippen molar-refractivity contribution >= 4 is 5.91 Å². The van der Waals surface area contributed by atoms with Gasteiger partial charge in [-0.1, -0.05) is 369 Å². The van der Waals surface area contributed by atoms with Gasteiger partial charge >= 0.3 is 0 Å². The maximum absolute atomic E-state index is 13.5. The van der Waals surface area contributed by atoms with Gasteiger partial charge in [0, 0.05) is 6.42 Å². The van der Waals surface area contributed by atoms with E-state index in [0.29, 0.717) is 6.42 Å². The molecule has 0 aliphatic carbocycles. The SMILES string of the molecule is CC/C=C\C/C=C\C/C=C\C/C=C\C/C=C\CCCCCCCCCCCCCCCCCCCCCCCCCCCC(=O)NC(COC1OC(CO)C(OC2OC(CO)C(OC3OC(CO)C(O)C(O)C3O)C(O)C2O)C(O)C1O)C(O)/C=C/CCCCCCCCCCCCCCCCCCCCCCCC. The van der Waals surface area contributed by atoms with E-state index in [1.54, 1.807) is 6.08 Å². The molecule has 3 aliphatic rings. The van der Waals surface area contributed by atoms with Gasteiger partial charge in [-0.05, 0) is 64.2 Å². The molecule has 19 heteroatoms. The number of nitrogens with one attached hydrogen (secondary N) is 1. The van der Waals surface area contributed by atoms with Crippen molar-refractivity contribution in [1.29, 1.82) is 0 Å². The van der Waals surface area contributed by atoms with Gasteiger partial charge in [0.15, 0.2) is 18.9 Å². The van der Waals surface area contributed by atoms with Gasteiger partial charge in [0.25, 0.3) is 0 Å². The minimum atomic E-state index is -1.98. The maximum Gasteiger partial charge on any atom is 0.220 e. The largest absolute Gasteiger partial charge is 0.394 e. The van der Waals surface area contributed by atoms with Crippen molar-refractivity contribution in [2.45, 2.75) is 471 Å². The molecule has 12 N–H and O–H groups in total. The van der Waals surface area contributed by atoms with Crippen LogP contribution in [0.4, 0.5) is 0 Å². The number of hydrogen-bond acceptors (Lipinski definition) is 18. The fourth-order valence-corrected chi connectivity index (χ4v) is 15.1. The van der Waals surface area contributed by atoms with E-state index in [2.05, 4.69) is 79.9 Å². The van der Waals surface area contributed by atoms with Gasteiger partial charge < -0.3 is 89.9 Å². The summed E-state index contributed by atoms with van der Waals surface area (Å²) in [6, 6.07) is -0.975.